The third-order valence-corrected chi connectivity index (χ3v) is 11.7. The Balaban J connectivity index is 2.07. The van der Waals surface area contributed by atoms with Crippen molar-refractivity contribution in [3.05, 3.63) is 0 Å². The number of rotatable bonds is 18. The fourth-order valence-electron chi connectivity index (χ4n) is 3.96. The molecule has 1 aliphatic rings. The van der Waals surface area contributed by atoms with Crippen molar-refractivity contribution in [3.8, 4) is 0 Å². The third-order valence-electron chi connectivity index (χ3n) is 6.08. The van der Waals surface area contributed by atoms with Crippen LogP contribution in [0.25, 0.3) is 0 Å². The number of hydrogen-bond donors (Lipinski definition) is 0. The van der Waals surface area contributed by atoms with Crippen LogP contribution < -0.4 is 0 Å². The summed E-state index contributed by atoms with van der Waals surface area (Å²) in [4.78, 5) is 0. The molecule has 0 saturated heterocycles. The molecular weight excluding hydrogens is 424 g/mol. The van der Waals surface area contributed by atoms with Crippen molar-refractivity contribution in [1.29, 1.82) is 0 Å². The first-order valence-corrected chi connectivity index (χ1v) is 14.8. The minimum absolute atomic E-state index is 0.659. The van der Waals surface area contributed by atoms with Crippen molar-refractivity contribution in [2.45, 2.75) is 50.6 Å². The summed E-state index contributed by atoms with van der Waals surface area (Å²) >= 11 is 0. The van der Waals surface area contributed by atoms with E-state index in [-0.39, 0.29) is 0 Å². The highest BCUT2D eigenvalue weighted by molar-refractivity contribution is 6.60. The van der Waals surface area contributed by atoms with Crippen LogP contribution in [0.5, 0.6) is 0 Å². The van der Waals surface area contributed by atoms with Crippen molar-refractivity contribution in [3.63, 3.8) is 0 Å². The predicted octanol–water partition coefficient (Wildman–Crippen LogP) is 3.36. The lowest BCUT2D eigenvalue weighted by atomic mass is 9.83. The summed E-state index contributed by atoms with van der Waals surface area (Å²) < 4.78 is 44.4. The van der Waals surface area contributed by atoms with Crippen LogP contribution in [0, 0.1) is 11.8 Å². The van der Waals surface area contributed by atoms with Crippen LogP contribution in [0.15, 0.2) is 0 Å². The smallest absolute Gasteiger partial charge is 0.381 e. The van der Waals surface area contributed by atoms with Crippen LogP contribution in [0.4, 0.5) is 0 Å². The molecule has 8 nitrogen and oxygen atoms in total. The standard InChI is InChI=1S/C20H44O8Si2/c1-21-29(22-2,23-3)15-7-13-27-17-19-9-11-20(12-10-19)18-28-14-8-16-30(24-4,25-5)26-6/h19-20H,7-18H2,1-6H3. The lowest BCUT2D eigenvalue weighted by Gasteiger charge is -2.28. The van der Waals surface area contributed by atoms with Crippen molar-refractivity contribution in [1.82, 2.24) is 0 Å². The Labute approximate surface area is 185 Å². The second-order valence-electron chi connectivity index (χ2n) is 7.83. The summed E-state index contributed by atoms with van der Waals surface area (Å²) in [5.74, 6) is 1.32. The minimum atomic E-state index is -2.47. The summed E-state index contributed by atoms with van der Waals surface area (Å²) in [6.45, 7) is 3.13. The van der Waals surface area contributed by atoms with Gasteiger partial charge < -0.3 is 36.0 Å². The van der Waals surface area contributed by atoms with Gasteiger partial charge in [0.15, 0.2) is 0 Å². The van der Waals surface area contributed by atoms with Crippen molar-refractivity contribution < 1.29 is 36.0 Å². The molecule has 0 aliphatic heterocycles. The maximum atomic E-state index is 5.91. The first kappa shape index (κ1) is 28.1. The SMILES string of the molecule is CO[Si](CCCOCC1CCC(COCCC[Si](OC)(OC)OC)CC1)(OC)OC. The van der Waals surface area contributed by atoms with E-state index in [4.69, 9.17) is 36.0 Å². The minimum Gasteiger partial charge on any atom is -0.381 e. The maximum Gasteiger partial charge on any atom is 0.500 e. The highest BCUT2D eigenvalue weighted by Crippen LogP contribution is 2.29. The normalized spacial score (nSPS) is 20.6. The molecule has 10 heteroatoms. The molecule has 0 radical (unpaired) electrons. The molecule has 180 valence electrons. The predicted molar refractivity (Wildman–Crippen MR) is 119 cm³/mol. The van der Waals surface area contributed by atoms with E-state index >= 15 is 0 Å². The van der Waals surface area contributed by atoms with Gasteiger partial charge in [-0.1, -0.05) is 0 Å². The number of ether oxygens (including phenoxy) is 2. The van der Waals surface area contributed by atoms with Gasteiger partial charge in [0.1, 0.15) is 0 Å². The molecule has 0 spiro atoms. The van der Waals surface area contributed by atoms with E-state index in [2.05, 4.69) is 0 Å². The zero-order chi connectivity index (χ0) is 22.3. The van der Waals surface area contributed by atoms with Gasteiger partial charge in [0, 0.05) is 81.2 Å². The topological polar surface area (TPSA) is 73.8 Å². The van der Waals surface area contributed by atoms with Crippen molar-refractivity contribution in [2.24, 2.45) is 11.8 Å². The summed E-state index contributed by atoms with van der Waals surface area (Å²) in [7, 11) is 4.96. The second-order valence-corrected chi connectivity index (χ2v) is 14.0. The quantitative estimate of drug-likeness (QED) is 0.224. The molecule has 0 heterocycles. The average Bonchev–Trinajstić information content (AvgIpc) is 2.80. The first-order chi connectivity index (χ1) is 14.5. The molecule has 0 atom stereocenters. The zero-order valence-electron chi connectivity index (χ0n) is 19.9. The van der Waals surface area contributed by atoms with Gasteiger partial charge in [-0.15, -0.1) is 0 Å². The summed E-state index contributed by atoms with van der Waals surface area (Å²) in [5, 5.41) is 0. The van der Waals surface area contributed by atoms with Crippen LogP contribution in [0.3, 0.4) is 0 Å². The van der Waals surface area contributed by atoms with Gasteiger partial charge in [-0.2, -0.15) is 0 Å². The van der Waals surface area contributed by atoms with Gasteiger partial charge in [-0.25, -0.2) is 0 Å². The Bertz CT molecular complexity index is 359. The number of hydrogen-bond acceptors (Lipinski definition) is 8. The first-order valence-electron chi connectivity index (χ1n) is 11.0. The van der Waals surface area contributed by atoms with E-state index in [0.717, 1.165) is 51.4 Å². The van der Waals surface area contributed by atoms with E-state index in [0.29, 0.717) is 11.8 Å². The van der Waals surface area contributed by atoms with Gasteiger partial charge in [-0.05, 0) is 50.4 Å². The molecule has 0 bridgehead atoms. The van der Waals surface area contributed by atoms with Gasteiger partial charge >= 0.3 is 17.6 Å². The van der Waals surface area contributed by atoms with E-state index in [9.17, 15) is 0 Å². The van der Waals surface area contributed by atoms with Crippen LogP contribution >= 0.6 is 0 Å². The Kier molecular flexibility index (Phi) is 14.9. The van der Waals surface area contributed by atoms with Crippen molar-refractivity contribution >= 4 is 17.6 Å². The van der Waals surface area contributed by atoms with Crippen molar-refractivity contribution in [2.75, 3.05) is 69.1 Å². The van der Waals surface area contributed by atoms with Crippen LogP contribution in [-0.2, 0) is 36.0 Å². The van der Waals surface area contributed by atoms with Crippen LogP contribution in [0.2, 0.25) is 12.1 Å². The summed E-state index contributed by atoms with van der Waals surface area (Å²) in [6, 6.07) is 1.56. The Morgan fingerprint density at radius 1 is 0.533 bits per heavy atom. The molecule has 1 aliphatic carbocycles. The second kappa shape index (κ2) is 15.8. The molecular formula is C20H44O8Si2. The summed E-state index contributed by atoms with van der Waals surface area (Å²) in [6.07, 6.45) is 6.65. The largest absolute Gasteiger partial charge is 0.500 e. The van der Waals surface area contributed by atoms with Gasteiger partial charge in [0.2, 0.25) is 0 Å². The molecule has 30 heavy (non-hydrogen) atoms. The molecule has 1 rings (SSSR count). The van der Waals surface area contributed by atoms with Crippen LogP contribution in [0.1, 0.15) is 38.5 Å². The monoisotopic (exact) mass is 468 g/mol. The average molecular weight is 469 g/mol. The lowest BCUT2D eigenvalue weighted by molar-refractivity contribution is 0.0469. The van der Waals surface area contributed by atoms with E-state index in [1.54, 1.807) is 42.7 Å². The molecule has 0 aromatic carbocycles. The molecule has 1 fully saturated rings. The fourth-order valence-corrected chi connectivity index (χ4v) is 7.34. The van der Waals surface area contributed by atoms with Gasteiger partial charge in [0.25, 0.3) is 0 Å². The van der Waals surface area contributed by atoms with E-state index in [1.165, 1.54) is 25.7 Å². The molecule has 0 N–H and O–H groups in total. The maximum absolute atomic E-state index is 5.91. The lowest BCUT2D eigenvalue weighted by Crippen LogP contribution is -2.42. The Morgan fingerprint density at radius 3 is 1.10 bits per heavy atom. The Hall–Kier alpha value is 0.114. The molecule has 0 aromatic heterocycles. The van der Waals surface area contributed by atoms with E-state index < -0.39 is 17.6 Å². The van der Waals surface area contributed by atoms with Gasteiger partial charge in [0.05, 0.1) is 0 Å². The van der Waals surface area contributed by atoms with Gasteiger partial charge in [-0.3, -0.25) is 0 Å². The molecule has 0 amide bonds. The van der Waals surface area contributed by atoms with Crippen LogP contribution in [-0.4, -0.2) is 86.7 Å². The van der Waals surface area contributed by atoms with E-state index in [1.807, 2.05) is 0 Å². The molecule has 0 aromatic rings. The zero-order valence-corrected chi connectivity index (χ0v) is 21.9. The third kappa shape index (κ3) is 9.72. The molecule has 1 saturated carbocycles. The Morgan fingerprint density at radius 2 is 0.833 bits per heavy atom. The molecule has 0 unspecified atom stereocenters. The highest BCUT2D eigenvalue weighted by Gasteiger charge is 2.37. The fraction of sp³-hybridized carbons (Fsp3) is 1.00. The highest BCUT2D eigenvalue weighted by atomic mass is 28.4. The summed E-state index contributed by atoms with van der Waals surface area (Å²) in [5.41, 5.74) is 0.